The van der Waals surface area contributed by atoms with E-state index >= 15 is 0 Å². The minimum atomic E-state index is -0.704. The van der Waals surface area contributed by atoms with Crippen LogP contribution in [0.4, 0.5) is 4.79 Å². The minimum Gasteiger partial charge on any atom is -0.469 e. The summed E-state index contributed by atoms with van der Waals surface area (Å²) < 4.78 is 17.7. The molecule has 0 spiro atoms. The molecule has 2 atom stereocenters. The molecule has 42 heavy (non-hydrogen) atoms. The van der Waals surface area contributed by atoms with Gasteiger partial charge < -0.3 is 24.0 Å². The Balaban J connectivity index is 2.00. The van der Waals surface area contributed by atoms with Gasteiger partial charge in [-0.25, -0.2) is 9.48 Å². The average Bonchev–Trinajstić information content (AvgIpc) is 3.36. The van der Waals surface area contributed by atoms with Crippen LogP contribution in [0.2, 0.25) is 0 Å². The number of aromatic nitrogens is 3. The van der Waals surface area contributed by atoms with Crippen molar-refractivity contribution in [2.24, 2.45) is 11.8 Å². The van der Waals surface area contributed by atoms with Gasteiger partial charge in [0.2, 0.25) is 0 Å². The lowest BCUT2D eigenvalue weighted by atomic mass is 9.92. The van der Waals surface area contributed by atoms with E-state index in [4.69, 9.17) is 14.2 Å². The molecule has 2 amide bonds. The van der Waals surface area contributed by atoms with Crippen LogP contribution in [-0.2, 0) is 25.4 Å². The van der Waals surface area contributed by atoms with Gasteiger partial charge in [-0.2, -0.15) is 0 Å². The van der Waals surface area contributed by atoms with Crippen molar-refractivity contribution >= 4 is 18.0 Å². The van der Waals surface area contributed by atoms with Crippen molar-refractivity contribution in [3.63, 3.8) is 0 Å². The highest BCUT2D eigenvalue weighted by molar-refractivity contribution is 5.94. The summed E-state index contributed by atoms with van der Waals surface area (Å²) in [6.45, 7) is 12.9. The minimum absolute atomic E-state index is 0.125. The molecule has 0 bridgehead atoms. The van der Waals surface area contributed by atoms with Crippen molar-refractivity contribution in [1.29, 1.82) is 0 Å². The van der Waals surface area contributed by atoms with Gasteiger partial charge in [0.1, 0.15) is 5.60 Å². The van der Waals surface area contributed by atoms with Crippen LogP contribution in [-0.4, -0.2) is 94.9 Å². The summed E-state index contributed by atoms with van der Waals surface area (Å²) in [5.74, 6) is -1.17. The summed E-state index contributed by atoms with van der Waals surface area (Å²) in [6.07, 6.45) is 2.03. The van der Waals surface area contributed by atoms with Gasteiger partial charge in [0.25, 0.3) is 5.91 Å². The molecule has 1 aromatic heterocycles. The number of benzene rings is 1. The maximum atomic E-state index is 14.4. The zero-order chi connectivity index (χ0) is 31.0. The fourth-order valence-corrected chi connectivity index (χ4v) is 5.16. The van der Waals surface area contributed by atoms with Crippen molar-refractivity contribution in [1.82, 2.24) is 24.8 Å². The zero-order valence-electron chi connectivity index (χ0n) is 26.4. The second-order valence-corrected chi connectivity index (χ2v) is 12.4. The Morgan fingerprint density at radius 1 is 1.07 bits per heavy atom. The lowest BCUT2D eigenvalue weighted by Crippen LogP contribution is -2.57. The van der Waals surface area contributed by atoms with Crippen LogP contribution < -0.4 is 0 Å². The monoisotopic (exact) mass is 585 g/mol. The van der Waals surface area contributed by atoms with E-state index in [0.29, 0.717) is 26.0 Å². The van der Waals surface area contributed by atoms with Gasteiger partial charge in [-0.15, -0.1) is 5.10 Å². The summed E-state index contributed by atoms with van der Waals surface area (Å²) >= 11 is 0. The first-order valence-electron chi connectivity index (χ1n) is 14.7. The number of esters is 1. The summed E-state index contributed by atoms with van der Waals surface area (Å²) in [5.41, 5.74) is 2.23. The van der Waals surface area contributed by atoms with E-state index < -0.39 is 29.6 Å². The van der Waals surface area contributed by atoms with Crippen LogP contribution in [0.3, 0.4) is 0 Å². The SMILES string of the molecule is COCCCCc1c(C(=O)N(CC(C)C)[C@H]2C[C@@H](C(=O)OC)CN(C(=O)OC(C)(C)C)C2)nnn1-c1ccc(C)cc1. The van der Waals surface area contributed by atoms with Crippen LogP contribution in [0.15, 0.2) is 24.3 Å². The third kappa shape index (κ3) is 8.77. The van der Waals surface area contributed by atoms with E-state index in [9.17, 15) is 14.4 Å². The highest BCUT2D eigenvalue weighted by atomic mass is 16.6. The predicted octanol–water partition coefficient (Wildman–Crippen LogP) is 4.44. The molecule has 1 saturated heterocycles. The number of likely N-dealkylation sites (tertiary alicyclic amines) is 1. The van der Waals surface area contributed by atoms with Gasteiger partial charge in [-0.3, -0.25) is 9.59 Å². The number of nitrogens with zero attached hydrogens (tertiary/aromatic N) is 5. The lowest BCUT2D eigenvalue weighted by Gasteiger charge is -2.42. The van der Waals surface area contributed by atoms with Gasteiger partial charge in [-0.05, 0) is 71.4 Å². The van der Waals surface area contributed by atoms with Gasteiger partial charge in [0, 0.05) is 33.4 Å². The molecule has 11 heteroatoms. The predicted molar refractivity (Wildman–Crippen MR) is 159 cm³/mol. The quantitative estimate of drug-likeness (QED) is 0.281. The second-order valence-electron chi connectivity index (χ2n) is 12.4. The molecule has 1 fully saturated rings. The van der Waals surface area contributed by atoms with Crippen LogP contribution in [0, 0.1) is 18.8 Å². The number of ether oxygens (including phenoxy) is 3. The normalized spacial score (nSPS) is 17.3. The largest absolute Gasteiger partial charge is 0.469 e. The highest BCUT2D eigenvalue weighted by Crippen LogP contribution is 2.27. The van der Waals surface area contributed by atoms with Crippen LogP contribution in [0.1, 0.15) is 75.6 Å². The molecule has 1 aromatic carbocycles. The van der Waals surface area contributed by atoms with E-state index in [2.05, 4.69) is 10.3 Å². The van der Waals surface area contributed by atoms with Crippen molar-refractivity contribution in [2.75, 3.05) is 40.5 Å². The highest BCUT2D eigenvalue weighted by Gasteiger charge is 2.41. The Morgan fingerprint density at radius 2 is 1.76 bits per heavy atom. The first kappa shape index (κ1) is 33.0. The molecular formula is C31H47N5O6. The second kappa shape index (κ2) is 14.6. The smallest absolute Gasteiger partial charge is 0.410 e. The number of aryl methyl sites for hydroxylation is 1. The Kier molecular flexibility index (Phi) is 11.5. The number of hydrogen-bond donors (Lipinski definition) is 0. The van der Waals surface area contributed by atoms with Crippen LogP contribution in [0.25, 0.3) is 5.69 Å². The van der Waals surface area contributed by atoms with E-state index in [0.717, 1.165) is 29.8 Å². The lowest BCUT2D eigenvalue weighted by molar-refractivity contribution is -0.148. The first-order chi connectivity index (χ1) is 19.8. The molecule has 0 saturated carbocycles. The Hall–Kier alpha value is -3.47. The molecule has 0 aliphatic carbocycles. The van der Waals surface area contributed by atoms with E-state index in [1.165, 1.54) is 12.0 Å². The number of carbonyl (C=O) groups is 3. The fourth-order valence-electron chi connectivity index (χ4n) is 5.16. The molecule has 1 aliphatic rings. The number of methoxy groups -OCH3 is 2. The molecule has 0 radical (unpaired) electrons. The number of hydrogen-bond acceptors (Lipinski definition) is 8. The van der Waals surface area contributed by atoms with Gasteiger partial charge >= 0.3 is 12.1 Å². The fraction of sp³-hybridized carbons (Fsp3) is 0.645. The van der Waals surface area contributed by atoms with E-state index in [-0.39, 0.29) is 30.6 Å². The first-order valence-corrected chi connectivity index (χ1v) is 14.7. The van der Waals surface area contributed by atoms with E-state index in [1.807, 2.05) is 45.0 Å². The molecule has 0 unspecified atom stereocenters. The average molecular weight is 586 g/mol. The number of amides is 2. The van der Waals surface area contributed by atoms with Crippen LogP contribution >= 0.6 is 0 Å². The van der Waals surface area contributed by atoms with Crippen molar-refractivity contribution in [3.8, 4) is 5.69 Å². The van der Waals surface area contributed by atoms with Gasteiger partial charge in [0.15, 0.2) is 5.69 Å². The van der Waals surface area contributed by atoms with Gasteiger partial charge in [0.05, 0.1) is 30.5 Å². The third-order valence-electron chi connectivity index (χ3n) is 7.13. The standard InChI is InChI=1S/C31H47N5O6/c1-21(2)18-35(25-17-23(29(38)41-8)19-34(20-25)30(39)42-31(4,5)6)28(37)27-26(11-9-10-16-40-7)36(33-32-27)24-14-12-22(3)13-15-24/h12-15,21,23,25H,9-11,16-20H2,1-8H3/t23-,25+/m1/s1. The molecular weight excluding hydrogens is 538 g/mol. The van der Waals surface area contributed by atoms with Gasteiger partial charge in [-0.1, -0.05) is 36.8 Å². The molecule has 0 N–H and O–H groups in total. The molecule has 11 nitrogen and oxygen atoms in total. The summed E-state index contributed by atoms with van der Waals surface area (Å²) in [6, 6.07) is 7.47. The Labute approximate surface area is 249 Å². The summed E-state index contributed by atoms with van der Waals surface area (Å²) in [5, 5.41) is 8.82. The number of rotatable bonds is 11. The molecule has 2 heterocycles. The zero-order valence-corrected chi connectivity index (χ0v) is 26.4. The summed E-state index contributed by atoms with van der Waals surface area (Å²) in [7, 11) is 3.00. The third-order valence-corrected chi connectivity index (χ3v) is 7.13. The molecule has 3 rings (SSSR count). The Morgan fingerprint density at radius 3 is 2.36 bits per heavy atom. The van der Waals surface area contributed by atoms with Crippen molar-refractivity contribution in [2.45, 2.75) is 78.9 Å². The van der Waals surface area contributed by atoms with Crippen LogP contribution in [0.5, 0.6) is 0 Å². The maximum absolute atomic E-state index is 14.4. The molecule has 2 aromatic rings. The number of carbonyl (C=O) groups excluding carboxylic acids is 3. The number of unbranched alkanes of at least 4 members (excludes halogenated alkanes) is 1. The summed E-state index contributed by atoms with van der Waals surface area (Å²) in [4.78, 5) is 43.5. The molecule has 232 valence electrons. The van der Waals surface area contributed by atoms with Crippen molar-refractivity contribution < 1.29 is 28.6 Å². The molecule has 1 aliphatic heterocycles. The maximum Gasteiger partial charge on any atom is 0.410 e. The topological polar surface area (TPSA) is 116 Å². The van der Waals surface area contributed by atoms with Crippen molar-refractivity contribution in [3.05, 3.63) is 41.2 Å². The van der Waals surface area contributed by atoms with E-state index in [1.54, 1.807) is 37.5 Å². The Bertz CT molecular complexity index is 1200. The number of piperidine rings is 1.